The molecule has 0 atom stereocenters. The number of hydrogen-bond donors (Lipinski definition) is 2. The number of rotatable bonds is 1. The van der Waals surface area contributed by atoms with Crippen LogP contribution in [0.2, 0.25) is 0 Å². The number of aromatic nitrogens is 2. The summed E-state index contributed by atoms with van der Waals surface area (Å²) in [6.45, 7) is 0. The quantitative estimate of drug-likeness (QED) is 0.787. The second-order valence-corrected chi connectivity index (χ2v) is 3.61. The first kappa shape index (κ1) is 12.3. The van der Waals surface area contributed by atoms with Crippen LogP contribution < -0.4 is 11.5 Å². The van der Waals surface area contributed by atoms with Gasteiger partial charge in [-0.2, -0.15) is 15.5 Å². The first-order valence-electron chi connectivity index (χ1n) is 5.10. The second kappa shape index (κ2) is 4.59. The molecule has 0 saturated heterocycles. The zero-order valence-corrected chi connectivity index (χ0v) is 9.55. The van der Waals surface area contributed by atoms with E-state index in [2.05, 4.69) is 9.97 Å². The monoisotopic (exact) mass is 254 g/mol. The third kappa shape index (κ3) is 2.13. The summed E-state index contributed by atoms with van der Waals surface area (Å²) in [7, 11) is 0. The van der Waals surface area contributed by atoms with Crippen LogP contribution in [0.15, 0.2) is 18.2 Å². The minimum absolute atomic E-state index is 0.0321. The molecular weight excluding hydrogens is 247 g/mol. The van der Waals surface area contributed by atoms with Crippen LogP contribution >= 0.6 is 0 Å². The summed E-state index contributed by atoms with van der Waals surface area (Å²) in [4.78, 5) is 7.59. The van der Waals surface area contributed by atoms with Crippen molar-refractivity contribution in [3.05, 3.63) is 35.1 Å². The Kier molecular flexibility index (Phi) is 2.96. The van der Waals surface area contributed by atoms with Gasteiger partial charge < -0.3 is 11.5 Å². The summed E-state index contributed by atoms with van der Waals surface area (Å²) < 4.78 is 13.3. The molecule has 7 heteroatoms. The SMILES string of the molecule is N#Cc1cc(-c2nc(N)nc(N)c2C#N)ccc1F. The van der Waals surface area contributed by atoms with E-state index in [1.54, 1.807) is 6.07 Å². The number of nitrogens with zero attached hydrogens (tertiary/aromatic N) is 4. The number of nitriles is 2. The molecular formula is C12H7FN6. The number of anilines is 2. The molecule has 0 bridgehead atoms. The number of nitrogen functional groups attached to an aromatic ring is 2. The summed E-state index contributed by atoms with van der Waals surface area (Å²) in [5.41, 5.74) is 11.5. The Hall–Kier alpha value is -3.19. The fourth-order valence-electron chi connectivity index (χ4n) is 1.57. The van der Waals surface area contributed by atoms with Gasteiger partial charge in [0.05, 0.1) is 11.3 Å². The third-order valence-corrected chi connectivity index (χ3v) is 2.43. The van der Waals surface area contributed by atoms with Crippen LogP contribution in [0.1, 0.15) is 11.1 Å². The zero-order chi connectivity index (χ0) is 14.0. The molecule has 19 heavy (non-hydrogen) atoms. The van der Waals surface area contributed by atoms with Gasteiger partial charge in [0, 0.05) is 5.56 Å². The highest BCUT2D eigenvalue weighted by atomic mass is 19.1. The highest BCUT2D eigenvalue weighted by Gasteiger charge is 2.14. The lowest BCUT2D eigenvalue weighted by Crippen LogP contribution is -2.05. The van der Waals surface area contributed by atoms with Crippen molar-refractivity contribution in [3.8, 4) is 23.4 Å². The van der Waals surface area contributed by atoms with Crippen molar-refractivity contribution in [2.45, 2.75) is 0 Å². The van der Waals surface area contributed by atoms with E-state index in [9.17, 15) is 4.39 Å². The maximum Gasteiger partial charge on any atom is 0.222 e. The standard InChI is InChI=1S/C12H7FN6/c13-9-2-1-6(3-7(9)4-14)10-8(5-15)11(16)19-12(17)18-10/h1-3H,(H4,16,17,18,19). The third-order valence-electron chi connectivity index (χ3n) is 2.43. The molecule has 0 aliphatic carbocycles. The second-order valence-electron chi connectivity index (χ2n) is 3.61. The van der Waals surface area contributed by atoms with Gasteiger partial charge >= 0.3 is 0 Å². The molecule has 0 aliphatic rings. The molecule has 0 aliphatic heterocycles. The summed E-state index contributed by atoms with van der Waals surface area (Å²) in [6.07, 6.45) is 0. The zero-order valence-electron chi connectivity index (χ0n) is 9.55. The van der Waals surface area contributed by atoms with Crippen molar-refractivity contribution >= 4 is 11.8 Å². The van der Waals surface area contributed by atoms with Crippen LogP contribution in [0.3, 0.4) is 0 Å². The molecule has 0 unspecified atom stereocenters. The van der Waals surface area contributed by atoms with Gasteiger partial charge in [-0.1, -0.05) is 0 Å². The molecule has 92 valence electrons. The van der Waals surface area contributed by atoms with Crippen molar-refractivity contribution in [2.75, 3.05) is 11.5 Å². The molecule has 0 spiro atoms. The summed E-state index contributed by atoms with van der Waals surface area (Å²) >= 11 is 0. The highest BCUT2D eigenvalue weighted by Crippen LogP contribution is 2.26. The van der Waals surface area contributed by atoms with E-state index in [1.165, 1.54) is 12.1 Å². The van der Waals surface area contributed by atoms with E-state index in [4.69, 9.17) is 22.0 Å². The Labute approximate surface area is 107 Å². The van der Waals surface area contributed by atoms with Gasteiger partial charge in [-0.05, 0) is 18.2 Å². The van der Waals surface area contributed by atoms with Crippen molar-refractivity contribution in [1.29, 1.82) is 10.5 Å². The first-order chi connectivity index (χ1) is 9.06. The van der Waals surface area contributed by atoms with Gasteiger partial charge in [-0.15, -0.1) is 0 Å². The van der Waals surface area contributed by atoms with E-state index < -0.39 is 5.82 Å². The lowest BCUT2D eigenvalue weighted by atomic mass is 10.0. The highest BCUT2D eigenvalue weighted by molar-refractivity contribution is 5.73. The fourth-order valence-corrected chi connectivity index (χ4v) is 1.57. The number of halogens is 1. The Bertz CT molecular complexity index is 741. The van der Waals surface area contributed by atoms with Crippen LogP contribution in [0, 0.1) is 28.5 Å². The number of nitrogens with two attached hydrogens (primary N) is 2. The molecule has 2 aromatic rings. The minimum atomic E-state index is -0.653. The summed E-state index contributed by atoms with van der Waals surface area (Å²) in [5, 5.41) is 17.8. The largest absolute Gasteiger partial charge is 0.382 e. The topological polar surface area (TPSA) is 125 Å². The average Bonchev–Trinajstić information content (AvgIpc) is 2.38. The van der Waals surface area contributed by atoms with Gasteiger partial charge in [0.2, 0.25) is 5.95 Å². The molecule has 1 heterocycles. The predicted molar refractivity (Wildman–Crippen MR) is 65.7 cm³/mol. The predicted octanol–water partition coefficient (Wildman–Crippen LogP) is 1.19. The Balaban J connectivity index is 2.73. The average molecular weight is 254 g/mol. The normalized spacial score (nSPS) is 9.63. The first-order valence-corrected chi connectivity index (χ1v) is 5.10. The van der Waals surface area contributed by atoms with E-state index >= 15 is 0 Å². The smallest absolute Gasteiger partial charge is 0.222 e. The Morgan fingerprint density at radius 3 is 2.47 bits per heavy atom. The molecule has 4 N–H and O–H groups in total. The molecule has 6 nitrogen and oxygen atoms in total. The number of hydrogen-bond acceptors (Lipinski definition) is 6. The fraction of sp³-hybridized carbons (Fsp3) is 0. The van der Waals surface area contributed by atoms with Crippen molar-refractivity contribution in [3.63, 3.8) is 0 Å². The summed E-state index contributed by atoms with van der Waals surface area (Å²) in [5.74, 6) is -0.818. The Morgan fingerprint density at radius 1 is 1.11 bits per heavy atom. The van der Waals surface area contributed by atoms with E-state index in [-0.39, 0.29) is 28.6 Å². The number of benzene rings is 1. The van der Waals surface area contributed by atoms with Gasteiger partial charge in [-0.25, -0.2) is 9.37 Å². The van der Waals surface area contributed by atoms with Crippen LogP contribution in [0.5, 0.6) is 0 Å². The van der Waals surface area contributed by atoms with Crippen LogP contribution in [-0.4, -0.2) is 9.97 Å². The maximum atomic E-state index is 13.3. The molecule has 1 aromatic carbocycles. The lowest BCUT2D eigenvalue weighted by Gasteiger charge is -2.07. The van der Waals surface area contributed by atoms with Crippen LogP contribution in [0.4, 0.5) is 16.2 Å². The van der Waals surface area contributed by atoms with Crippen LogP contribution in [-0.2, 0) is 0 Å². The molecule has 0 fully saturated rings. The van der Waals surface area contributed by atoms with Gasteiger partial charge in [0.25, 0.3) is 0 Å². The van der Waals surface area contributed by atoms with E-state index in [0.29, 0.717) is 5.56 Å². The van der Waals surface area contributed by atoms with E-state index in [0.717, 1.165) is 6.07 Å². The minimum Gasteiger partial charge on any atom is -0.382 e. The van der Waals surface area contributed by atoms with Crippen LogP contribution in [0.25, 0.3) is 11.3 Å². The van der Waals surface area contributed by atoms with Crippen molar-refractivity contribution in [1.82, 2.24) is 9.97 Å². The maximum absolute atomic E-state index is 13.3. The van der Waals surface area contributed by atoms with Crippen molar-refractivity contribution in [2.24, 2.45) is 0 Å². The van der Waals surface area contributed by atoms with Gasteiger partial charge in [0.1, 0.15) is 29.3 Å². The lowest BCUT2D eigenvalue weighted by molar-refractivity contribution is 0.624. The molecule has 2 rings (SSSR count). The molecule has 0 amide bonds. The molecule has 0 radical (unpaired) electrons. The molecule has 0 saturated carbocycles. The van der Waals surface area contributed by atoms with E-state index in [1.807, 2.05) is 6.07 Å². The van der Waals surface area contributed by atoms with Gasteiger partial charge in [-0.3, -0.25) is 0 Å². The van der Waals surface area contributed by atoms with Crippen molar-refractivity contribution < 1.29 is 4.39 Å². The Morgan fingerprint density at radius 2 is 1.84 bits per heavy atom. The van der Waals surface area contributed by atoms with Gasteiger partial charge in [0.15, 0.2) is 0 Å². The summed E-state index contributed by atoms with van der Waals surface area (Å²) in [6, 6.07) is 7.34. The molecule has 1 aromatic heterocycles.